The first-order valence-electron chi connectivity index (χ1n) is 8.52. The van der Waals surface area contributed by atoms with Crippen molar-refractivity contribution in [3.63, 3.8) is 0 Å². The van der Waals surface area contributed by atoms with E-state index in [1.54, 1.807) is 4.52 Å². The Hall–Kier alpha value is -2.41. The molecule has 0 bridgehead atoms. The van der Waals surface area contributed by atoms with Gasteiger partial charge in [-0.3, -0.25) is 4.79 Å². The summed E-state index contributed by atoms with van der Waals surface area (Å²) in [4.78, 5) is 21.5. The molecule has 6 nitrogen and oxygen atoms in total. The first-order valence-corrected chi connectivity index (χ1v) is 9.75. The van der Waals surface area contributed by atoms with Crippen LogP contribution in [-0.2, 0) is 11.2 Å². The maximum absolute atomic E-state index is 12.6. The van der Waals surface area contributed by atoms with Gasteiger partial charge in [0.1, 0.15) is 0 Å². The van der Waals surface area contributed by atoms with Gasteiger partial charge in [0.15, 0.2) is 0 Å². The van der Waals surface area contributed by atoms with E-state index < -0.39 is 0 Å². The Balaban J connectivity index is 1.82. The number of carbonyl (C=O) groups is 1. The molecule has 26 heavy (non-hydrogen) atoms. The molecule has 0 aliphatic rings. The Morgan fingerprint density at radius 1 is 1.23 bits per heavy atom. The Morgan fingerprint density at radius 2 is 1.96 bits per heavy atom. The Labute approximate surface area is 157 Å². The molecule has 1 amide bonds. The molecule has 136 valence electrons. The van der Waals surface area contributed by atoms with E-state index in [0.29, 0.717) is 10.9 Å². The van der Waals surface area contributed by atoms with Crippen LogP contribution >= 0.6 is 11.8 Å². The quantitative estimate of drug-likeness (QED) is 0.699. The normalized spacial score (nSPS) is 12.3. The zero-order chi connectivity index (χ0) is 18.8. The number of carbonyl (C=O) groups excluding carboxylic acids is 1. The number of nitrogens with one attached hydrogen (secondary N) is 1. The van der Waals surface area contributed by atoms with Gasteiger partial charge in [0.05, 0.1) is 12.5 Å². The molecule has 7 heteroatoms. The minimum Gasteiger partial charge on any atom is -0.349 e. The first kappa shape index (κ1) is 18.4. The summed E-state index contributed by atoms with van der Waals surface area (Å²) in [6.45, 7) is 7.92. The number of aryl methyl sites for hydroxylation is 3. The molecule has 2 aromatic heterocycles. The number of benzene rings is 1. The van der Waals surface area contributed by atoms with Gasteiger partial charge in [-0.15, -0.1) is 5.10 Å². The van der Waals surface area contributed by atoms with Crippen LogP contribution in [0.1, 0.15) is 41.0 Å². The Bertz CT molecular complexity index is 966. The smallest absolute Gasteiger partial charge is 0.253 e. The summed E-state index contributed by atoms with van der Waals surface area (Å²) in [5, 5.41) is 8.20. The molecular weight excluding hydrogens is 346 g/mol. The third kappa shape index (κ3) is 3.58. The second-order valence-electron chi connectivity index (χ2n) is 6.39. The number of hydrogen-bond acceptors (Lipinski definition) is 5. The van der Waals surface area contributed by atoms with Gasteiger partial charge in [0, 0.05) is 17.0 Å². The van der Waals surface area contributed by atoms with Crippen molar-refractivity contribution in [3.8, 4) is 0 Å². The number of aromatic nitrogens is 4. The van der Waals surface area contributed by atoms with Gasteiger partial charge in [-0.05, 0) is 45.1 Å². The summed E-state index contributed by atoms with van der Waals surface area (Å²) >= 11 is 1.47. The van der Waals surface area contributed by atoms with Crippen LogP contribution in [-0.4, -0.2) is 31.7 Å². The van der Waals surface area contributed by atoms with E-state index in [0.717, 1.165) is 22.5 Å². The highest BCUT2D eigenvalue weighted by atomic mass is 32.2. The molecule has 0 saturated heterocycles. The molecule has 0 aliphatic heterocycles. The van der Waals surface area contributed by atoms with Crippen molar-refractivity contribution in [1.82, 2.24) is 24.9 Å². The van der Waals surface area contributed by atoms with Crippen molar-refractivity contribution in [3.05, 3.63) is 52.3 Å². The van der Waals surface area contributed by atoms with Crippen LogP contribution in [0.4, 0.5) is 0 Å². The van der Waals surface area contributed by atoms with Gasteiger partial charge < -0.3 is 5.32 Å². The summed E-state index contributed by atoms with van der Waals surface area (Å²) in [5.41, 5.74) is 4.91. The summed E-state index contributed by atoms with van der Waals surface area (Å²) < 4.78 is 1.71. The number of fused-ring (bicyclic) bond motifs is 1. The molecule has 0 unspecified atom stereocenters. The van der Waals surface area contributed by atoms with Gasteiger partial charge in [0.2, 0.25) is 11.1 Å². The molecule has 0 spiro atoms. The van der Waals surface area contributed by atoms with E-state index in [4.69, 9.17) is 0 Å². The standard InChI is InChI=1S/C19H23N5OS/c1-11-8-6-7-9-15(11)12(2)20-17(25)10-16-13(3)21-18-22-19(26-5)23-24(18)14(16)4/h6-9,12H,10H2,1-5H3,(H,20,25)/t12-/m0/s1. The van der Waals surface area contributed by atoms with E-state index in [2.05, 4.69) is 33.4 Å². The first-order chi connectivity index (χ1) is 12.4. The summed E-state index contributed by atoms with van der Waals surface area (Å²) in [6, 6.07) is 8.05. The van der Waals surface area contributed by atoms with Gasteiger partial charge in [-0.25, -0.2) is 9.50 Å². The van der Waals surface area contributed by atoms with Crippen LogP contribution in [0.25, 0.3) is 5.78 Å². The minimum absolute atomic E-state index is 0.0293. The third-order valence-electron chi connectivity index (χ3n) is 4.58. The molecule has 1 atom stereocenters. The van der Waals surface area contributed by atoms with E-state index in [1.807, 2.05) is 45.2 Å². The number of rotatable bonds is 5. The average molecular weight is 369 g/mol. The lowest BCUT2D eigenvalue weighted by atomic mass is 10.0. The highest BCUT2D eigenvalue weighted by Gasteiger charge is 2.17. The van der Waals surface area contributed by atoms with Crippen molar-refractivity contribution >= 4 is 23.4 Å². The molecule has 1 aromatic carbocycles. The third-order valence-corrected chi connectivity index (χ3v) is 5.12. The summed E-state index contributed by atoms with van der Waals surface area (Å²) in [5.74, 6) is 0.542. The fraction of sp³-hybridized carbons (Fsp3) is 0.368. The average Bonchev–Trinajstić information content (AvgIpc) is 3.02. The van der Waals surface area contributed by atoms with Crippen molar-refractivity contribution < 1.29 is 4.79 Å². The maximum Gasteiger partial charge on any atom is 0.253 e. The van der Waals surface area contributed by atoms with E-state index in [9.17, 15) is 4.79 Å². The molecule has 0 radical (unpaired) electrons. The zero-order valence-corrected chi connectivity index (χ0v) is 16.5. The lowest BCUT2D eigenvalue weighted by Gasteiger charge is -2.17. The fourth-order valence-electron chi connectivity index (χ4n) is 3.14. The maximum atomic E-state index is 12.6. The lowest BCUT2D eigenvalue weighted by molar-refractivity contribution is -0.121. The fourth-order valence-corrected chi connectivity index (χ4v) is 3.47. The monoisotopic (exact) mass is 369 g/mol. The van der Waals surface area contributed by atoms with Crippen LogP contribution in [0.5, 0.6) is 0 Å². The summed E-state index contributed by atoms with van der Waals surface area (Å²) in [7, 11) is 0. The summed E-state index contributed by atoms with van der Waals surface area (Å²) in [6.07, 6.45) is 2.20. The van der Waals surface area contributed by atoms with Crippen molar-refractivity contribution in [2.45, 2.75) is 45.3 Å². The highest BCUT2D eigenvalue weighted by Crippen LogP contribution is 2.19. The van der Waals surface area contributed by atoms with Crippen LogP contribution in [0.2, 0.25) is 0 Å². The highest BCUT2D eigenvalue weighted by molar-refractivity contribution is 7.98. The molecule has 3 rings (SSSR count). The van der Waals surface area contributed by atoms with E-state index in [1.165, 1.54) is 17.3 Å². The van der Waals surface area contributed by atoms with Crippen LogP contribution < -0.4 is 5.32 Å². The van der Waals surface area contributed by atoms with Crippen molar-refractivity contribution in [1.29, 1.82) is 0 Å². The molecule has 3 aromatic rings. The SMILES string of the molecule is CSc1nc2nc(C)c(CC(=O)N[C@@H](C)c3ccccc3C)c(C)n2n1. The van der Waals surface area contributed by atoms with Crippen molar-refractivity contribution in [2.75, 3.05) is 6.26 Å². The molecule has 0 fully saturated rings. The molecule has 0 saturated carbocycles. The second-order valence-corrected chi connectivity index (χ2v) is 7.17. The van der Waals surface area contributed by atoms with Crippen molar-refractivity contribution in [2.24, 2.45) is 0 Å². The topological polar surface area (TPSA) is 72.2 Å². The minimum atomic E-state index is -0.0459. The van der Waals surface area contributed by atoms with Gasteiger partial charge >= 0.3 is 0 Å². The molecular formula is C19H23N5OS. The lowest BCUT2D eigenvalue weighted by Crippen LogP contribution is -2.29. The largest absolute Gasteiger partial charge is 0.349 e. The Kier molecular flexibility index (Phi) is 5.27. The number of thioether (sulfide) groups is 1. The second kappa shape index (κ2) is 7.45. The van der Waals surface area contributed by atoms with E-state index in [-0.39, 0.29) is 18.4 Å². The van der Waals surface area contributed by atoms with Gasteiger partial charge in [-0.1, -0.05) is 36.0 Å². The zero-order valence-electron chi connectivity index (χ0n) is 15.7. The van der Waals surface area contributed by atoms with Gasteiger partial charge in [0.25, 0.3) is 5.78 Å². The predicted molar refractivity (Wildman–Crippen MR) is 103 cm³/mol. The Morgan fingerprint density at radius 3 is 2.65 bits per heavy atom. The predicted octanol–water partition coefficient (Wildman–Crippen LogP) is 3.19. The molecule has 1 N–H and O–H groups in total. The van der Waals surface area contributed by atoms with Gasteiger partial charge in [-0.2, -0.15) is 4.98 Å². The van der Waals surface area contributed by atoms with Crippen LogP contribution in [0.3, 0.4) is 0 Å². The number of hydrogen-bond donors (Lipinski definition) is 1. The number of nitrogens with zero attached hydrogens (tertiary/aromatic N) is 4. The van der Waals surface area contributed by atoms with Crippen LogP contribution in [0, 0.1) is 20.8 Å². The van der Waals surface area contributed by atoms with E-state index >= 15 is 0 Å². The van der Waals surface area contributed by atoms with Crippen LogP contribution in [0.15, 0.2) is 29.4 Å². The molecule has 2 heterocycles. The molecule has 0 aliphatic carbocycles. The number of amides is 1.